The molecule has 0 saturated heterocycles. The van der Waals surface area contributed by atoms with E-state index in [4.69, 9.17) is 10.00 Å². The van der Waals surface area contributed by atoms with E-state index in [9.17, 15) is 19.7 Å². The van der Waals surface area contributed by atoms with Crippen molar-refractivity contribution in [2.75, 3.05) is 7.11 Å². The van der Waals surface area contributed by atoms with Crippen molar-refractivity contribution in [3.63, 3.8) is 0 Å². The number of nitriles is 1. The number of nitro benzene ring substituents is 1. The molecular weight excluding hydrogens is 352 g/mol. The Morgan fingerprint density at radius 1 is 1.22 bits per heavy atom. The maximum atomic E-state index is 12.4. The maximum absolute atomic E-state index is 12.4. The SMILES string of the molecule is COC(=O)/C(C#N)=C/c1cccc(OC(=O)c2cccc([N+](=O)[O-])c2C)c1. The molecule has 0 heterocycles. The van der Waals surface area contributed by atoms with Crippen LogP contribution in [-0.2, 0) is 9.53 Å². The molecule has 2 aromatic rings. The summed E-state index contributed by atoms with van der Waals surface area (Å²) >= 11 is 0. The average molecular weight is 366 g/mol. The highest BCUT2D eigenvalue weighted by atomic mass is 16.6. The largest absolute Gasteiger partial charge is 0.465 e. The first-order valence-electron chi connectivity index (χ1n) is 7.63. The molecule has 0 saturated carbocycles. The summed E-state index contributed by atoms with van der Waals surface area (Å²) in [5, 5.41) is 20.0. The highest BCUT2D eigenvalue weighted by molar-refractivity contribution is 5.98. The topological polar surface area (TPSA) is 120 Å². The highest BCUT2D eigenvalue weighted by Gasteiger charge is 2.19. The van der Waals surface area contributed by atoms with Gasteiger partial charge >= 0.3 is 11.9 Å². The molecule has 0 radical (unpaired) electrons. The van der Waals surface area contributed by atoms with E-state index < -0.39 is 16.9 Å². The van der Waals surface area contributed by atoms with Crippen LogP contribution >= 0.6 is 0 Å². The van der Waals surface area contributed by atoms with Crippen molar-refractivity contribution in [3.8, 4) is 11.8 Å². The number of nitrogens with zero attached hydrogens (tertiary/aromatic N) is 2. The highest BCUT2D eigenvalue weighted by Crippen LogP contribution is 2.23. The second kappa shape index (κ2) is 8.40. The van der Waals surface area contributed by atoms with Gasteiger partial charge in [-0.2, -0.15) is 5.26 Å². The van der Waals surface area contributed by atoms with Crippen molar-refractivity contribution >= 4 is 23.7 Å². The fourth-order valence-electron chi connectivity index (χ4n) is 2.29. The molecule has 0 aromatic heterocycles. The molecule has 8 nitrogen and oxygen atoms in total. The molecule has 2 rings (SSSR count). The Kier molecular flexibility index (Phi) is 6.02. The van der Waals surface area contributed by atoms with Crippen LogP contribution in [0.3, 0.4) is 0 Å². The van der Waals surface area contributed by atoms with Crippen molar-refractivity contribution < 1.29 is 24.0 Å². The summed E-state index contributed by atoms with van der Waals surface area (Å²) in [6.07, 6.45) is 1.29. The second-order valence-electron chi connectivity index (χ2n) is 5.33. The lowest BCUT2D eigenvalue weighted by atomic mass is 10.1. The van der Waals surface area contributed by atoms with Crippen molar-refractivity contribution in [2.45, 2.75) is 6.92 Å². The molecule has 0 amide bonds. The Morgan fingerprint density at radius 2 is 1.93 bits per heavy atom. The van der Waals surface area contributed by atoms with E-state index in [1.165, 1.54) is 43.3 Å². The first-order valence-corrected chi connectivity index (χ1v) is 7.63. The lowest BCUT2D eigenvalue weighted by Crippen LogP contribution is -2.11. The summed E-state index contributed by atoms with van der Waals surface area (Å²) in [5.41, 5.74) is 0.310. The number of esters is 2. The molecule has 0 fully saturated rings. The first-order chi connectivity index (χ1) is 12.9. The zero-order chi connectivity index (χ0) is 20.0. The number of nitro groups is 1. The van der Waals surface area contributed by atoms with Crippen molar-refractivity contribution in [1.29, 1.82) is 5.26 Å². The molecule has 27 heavy (non-hydrogen) atoms. The molecule has 8 heteroatoms. The van der Waals surface area contributed by atoms with Crippen LogP contribution < -0.4 is 4.74 Å². The summed E-state index contributed by atoms with van der Waals surface area (Å²) in [6, 6.07) is 12.0. The van der Waals surface area contributed by atoms with Gasteiger partial charge in [0.1, 0.15) is 17.4 Å². The Balaban J connectivity index is 2.29. The molecule has 0 aliphatic rings. The molecule has 0 atom stereocenters. The summed E-state index contributed by atoms with van der Waals surface area (Å²) in [7, 11) is 1.16. The normalized spacial score (nSPS) is 10.6. The van der Waals surface area contributed by atoms with E-state index in [2.05, 4.69) is 4.74 Å². The standard InChI is InChI=1S/C19H14N2O6/c1-12-16(7-4-8-17(12)21(24)25)19(23)27-15-6-3-5-13(10-15)9-14(11-20)18(22)26-2/h3-10H,1-2H3/b14-9+. The molecule has 136 valence electrons. The van der Waals surface area contributed by atoms with Crippen LogP contribution in [-0.4, -0.2) is 24.0 Å². The van der Waals surface area contributed by atoms with Gasteiger partial charge in [0, 0.05) is 11.6 Å². The number of hydrogen-bond acceptors (Lipinski definition) is 7. The third-order valence-corrected chi connectivity index (χ3v) is 3.63. The van der Waals surface area contributed by atoms with Gasteiger partial charge in [-0.3, -0.25) is 10.1 Å². The van der Waals surface area contributed by atoms with Gasteiger partial charge in [0.25, 0.3) is 5.69 Å². The third kappa shape index (κ3) is 4.55. The lowest BCUT2D eigenvalue weighted by molar-refractivity contribution is -0.385. The number of hydrogen-bond donors (Lipinski definition) is 0. The van der Waals surface area contributed by atoms with Crippen LogP contribution in [0.15, 0.2) is 48.0 Å². The summed E-state index contributed by atoms with van der Waals surface area (Å²) in [6.45, 7) is 1.46. The molecular formula is C19H14N2O6. The van der Waals surface area contributed by atoms with E-state index in [1.54, 1.807) is 18.2 Å². The lowest BCUT2D eigenvalue weighted by Gasteiger charge is -2.08. The smallest absolute Gasteiger partial charge is 0.348 e. The minimum absolute atomic E-state index is 0.0671. The summed E-state index contributed by atoms with van der Waals surface area (Å²) < 4.78 is 9.77. The van der Waals surface area contributed by atoms with Gasteiger partial charge in [-0.25, -0.2) is 9.59 Å². The second-order valence-corrected chi connectivity index (χ2v) is 5.33. The molecule has 0 aliphatic heterocycles. The minimum atomic E-state index is -0.785. The van der Waals surface area contributed by atoms with Crippen LogP contribution in [0.5, 0.6) is 5.75 Å². The van der Waals surface area contributed by atoms with Crippen molar-refractivity contribution in [2.24, 2.45) is 0 Å². The molecule has 0 bridgehead atoms. The van der Waals surface area contributed by atoms with Gasteiger partial charge in [-0.05, 0) is 36.8 Å². The Hall–Kier alpha value is -3.99. The summed E-state index contributed by atoms with van der Waals surface area (Å²) in [5.74, 6) is -1.39. The third-order valence-electron chi connectivity index (χ3n) is 3.63. The number of benzene rings is 2. The molecule has 2 aromatic carbocycles. The van der Waals surface area contributed by atoms with Crippen LogP contribution in [0.4, 0.5) is 5.69 Å². The van der Waals surface area contributed by atoms with Gasteiger partial charge in [-0.15, -0.1) is 0 Å². The first kappa shape index (κ1) is 19.3. The van der Waals surface area contributed by atoms with Crippen LogP contribution in [0.2, 0.25) is 0 Å². The van der Waals surface area contributed by atoms with Crippen LogP contribution in [0, 0.1) is 28.4 Å². The molecule has 0 spiro atoms. The van der Waals surface area contributed by atoms with Crippen molar-refractivity contribution in [3.05, 3.63) is 74.8 Å². The van der Waals surface area contributed by atoms with E-state index in [-0.39, 0.29) is 28.1 Å². The van der Waals surface area contributed by atoms with Crippen molar-refractivity contribution in [1.82, 2.24) is 0 Å². The quantitative estimate of drug-likeness (QED) is 0.199. The van der Waals surface area contributed by atoms with E-state index in [0.29, 0.717) is 5.56 Å². The number of ether oxygens (including phenoxy) is 2. The average Bonchev–Trinajstić information content (AvgIpc) is 2.65. The minimum Gasteiger partial charge on any atom is -0.465 e. The fraction of sp³-hybridized carbons (Fsp3) is 0.105. The van der Waals surface area contributed by atoms with Gasteiger partial charge in [-0.1, -0.05) is 18.2 Å². The Morgan fingerprint density at radius 3 is 2.56 bits per heavy atom. The zero-order valence-electron chi connectivity index (χ0n) is 14.5. The summed E-state index contributed by atoms with van der Waals surface area (Å²) in [4.78, 5) is 34.3. The van der Waals surface area contributed by atoms with Gasteiger partial charge in [0.15, 0.2) is 0 Å². The molecule has 0 N–H and O–H groups in total. The Labute approximate surface area is 154 Å². The van der Waals surface area contributed by atoms with Gasteiger partial charge < -0.3 is 9.47 Å². The number of carbonyl (C=O) groups is 2. The molecule has 0 aliphatic carbocycles. The maximum Gasteiger partial charge on any atom is 0.348 e. The number of rotatable bonds is 5. The number of carbonyl (C=O) groups excluding carboxylic acids is 2. The fourth-order valence-corrected chi connectivity index (χ4v) is 2.29. The Bertz CT molecular complexity index is 988. The number of methoxy groups -OCH3 is 1. The predicted octanol–water partition coefficient (Wildman–Crippen LogP) is 3.20. The zero-order valence-corrected chi connectivity index (χ0v) is 14.5. The van der Waals surface area contributed by atoms with Gasteiger partial charge in [0.05, 0.1) is 17.6 Å². The van der Waals surface area contributed by atoms with Crippen LogP contribution in [0.1, 0.15) is 21.5 Å². The van der Waals surface area contributed by atoms with E-state index in [1.807, 2.05) is 0 Å². The van der Waals surface area contributed by atoms with E-state index in [0.717, 1.165) is 7.11 Å². The monoisotopic (exact) mass is 366 g/mol. The van der Waals surface area contributed by atoms with Gasteiger partial charge in [0.2, 0.25) is 0 Å². The van der Waals surface area contributed by atoms with Crippen LogP contribution in [0.25, 0.3) is 6.08 Å². The molecule has 0 unspecified atom stereocenters. The van der Waals surface area contributed by atoms with E-state index >= 15 is 0 Å². The predicted molar refractivity (Wildman–Crippen MR) is 94.8 cm³/mol.